The van der Waals surface area contributed by atoms with E-state index in [0.29, 0.717) is 12.1 Å². The molecule has 2 aromatic carbocycles. The molecule has 1 saturated heterocycles. The largest absolute Gasteiger partial charge is 0.396 e. The van der Waals surface area contributed by atoms with E-state index in [0.717, 1.165) is 54.6 Å². The Morgan fingerprint density at radius 1 is 1.07 bits per heavy atom. The third-order valence-electron chi connectivity index (χ3n) is 6.39. The summed E-state index contributed by atoms with van der Waals surface area (Å²) in [4.78, 5) is 24.3. The Morgan fingerprint density at radius 2 is 1.80 bits per heavy atom. The summed E-state index contributed by atoms with van der Waals surface area (Å²) in [5.74, 6) is 0.00849. The van der Waals surface area contributed by atoms with Gasteiger partial charge in [0, 0.05) is 24.1 Å². The Kier molecular flexibility index (Phi) is 5.82. The highest BCUT2D eigenvalue weighted by atomic mass is 16.3. The quantitative estimate of drug-likeness (QED) is 0.697. The van der Waals surface area contributed by atoms with Crippen molar-refractivity contribution in [1.82, 2.24) is 14.9 Å². The second-order valence-corrected chi connectivity index (χ2v) is 8.57. The Hall–Kier alpha value is -2.79. The number of hydrogen-bond donors (Lipinski definition) is 1. The second kappa shape index (κ2) is 8.52. The number of carbonyl (C=O) groups excluding carboxylic acids is 1. The Balaban J connectivity index is 1.52. The van der Waals surface area contributed by atoms with Crippen molar-refractivity contribution in [2.24, 2.45) is 5.41 Å². The van der Waals surface area contributed by atoms with Crippen molar-refractivity contribution in [2.45, 2.75) is 39.5 Å². The summed E-state index contributed by atoms with van der Waals surface area (Å²) < 4.78 is 0. The van der Waals surface area contributed by atoms with Crippen molar-refractivity contribution >= 4 is 16.9 Å². The molecule has 1 unspecified atom stereocenters. The predicted octanol–water partition coefficient (Wildman–Crippen LogP) is 4.09. The van der Waals surface area contributed by atoms with Crippen molar-refractivity contribution in [3.8, 4) is 0 Å². The molecule has 2 heterocycles. The number of nitrogens with zero attached hydrogens (tertiary/aromatic N) is 3. The van der Waals surface area contributed by atoms with Gasteiger partial charge < -0.3 is 10.0 Å². The number of amides is 1. The molecule has 1 aliphatic heterocycles. The molecule has 1 N–H and O–H groups in total. The number of rotatable bonds is 5. The SMILES string of the molecule is Cc1nc2ccc(C(=O)N3CCCC(CO)(CCc4ccccc4)C3)cc2nc1C. The lowest BCUT2D eigenvalue weighted by atomic mass is 9.76. The van der Waals surface area contributed by atoms with Gasteiger partial charge >= 0.3 is 0 Å². The lowest BCUT2D eigenvalue weighted by Crippen LogP contribution is -2.48. The Labute approximate surface area is 177 Å². The molecule has 0 spiro atoms. The van der Waals surface area contributed by atoms with Crippen molar-refractivity contribution < 1.29 is 9.90 Å². The molecular weight excluding hydrogens is 374 g/mol. The monoisotopic (exact) mass is 403 g/mol. The fourth-order valence-electron chi connectivity index (χ4n) is 4.39. The summed E-state index contributed by atoms with van der Waals surface area (Å²) in [5, 5.41) is 10.2. The first-order chi connectivity index (χ1) is 14.5. The van der Waals surface area contributed by atoms with Crippen LogP contribution < -0.4 is 0 Å². The molecule has 0 bridgehead atoms. The minimum absolute atomic E-state index is 0.00849. The van der Waals surface area contributed by atoms with Gasteiger partial charge in [-0.05, 0) is 63.3 Å². The zero-order valence-corrected chi connectivity index (χ0v) is 17.8. The van der Waals surface area contributed by atoms with E-state index >= 15 is 0 Å². The fourth-order valence-corrected chi connectivity index (χ4v) is 4.39. The average Bonchev–Trinajstić information content (AvgIpc) is 2.78. The van der Waals surface area contributed by atoms with Gasteiger partial charge in [-0.3, -0.25) is 4.79 Å². The molecule has 1 amide bonds. The highest BCUT2D eigenvalue weighted by Gasteiger charge is 2.36. The van der Waals surface area contributed by atoms with Gasteiger partial charge in [-0.25, -0.2) is 9.97 Å². The molecular formula is C25H29N3O2. The molecule has 1 aliphatic rings. The minimum atomic E-state index is -0.242. The number of aromatic nitrogens is 2. The van der Waals surface area contributed by atoms with Crippen molar-refractivity contribution in [3.05, 3.63) is 71.0 Å². The lowest BCUT2D eigenvalue weighted by molar-refractivity contribution is 0.0228. The first kappa shape index (κ1) is 20.5. The standard InChI is InChI=1S/C25H29N3O2/c1-18-19(2)27-23-15-21(9-10-22(23)26-18)24(30)28-14-6-12-25(16-28,17-29)13-11-20-7-4-3-5-8-20/h3-5,7-10,15,29H,6,11-14,16-17H2,1-2H3. The lowest BCUT2D eigenvalue weighted by Gasteiger charge is -2.42. The maximum Gasteiger partial charge on any atom is 0.253 e. The second-order valence-electron chi connectivity index (χ2n) is 8.57. The van der Waals surface area contributed by atoms with E-state index in [1.54, 1.807) is 0 Å². The predicted molar refractivity (Wildman–Crippen MR) is 118 cm³/mol. The summed E-state index contributed by atoms with van der Waals surface area (Å²) in [6.45, 7) is 5.29. The number of fused-ring (bicyclic) bond motifs is 1. The van der Waals surface area contributed by atoms with Gasteiger partial charge in [0.2, 0.25) is 0 Å². The van der Waals surface area contributed by atoms with Crippen molar-refractivity contribution in [1.29, 1.82) is 0 Å². The number of aliphatic hydroxyl groups is 1. The number of benzene rings is 2. The van der Waals surface area contributed by atoms with Crippen LogP contribution in [0.5, 0.6) is 0 Å². The van der Waals surface area contributed by atoms with Crippen LogP contribution in [0.1, 0.15) is 46.6 Å². The van der Waals surface area contributed by atoms with Gasteiger partial charge in [0.05, 0.1) is 29.0 Å². The van der Waals surface area contributed by atoms with Crippen LogP contribution >= 0.6 is 0 Å². The molecule has 3 aromatic rings. The number of piperidine rings is 1. The molecule has 30 heavy (non-hydrogen) atoms. The van der Waals surface area contributed by atoms with Gasteiger partial charge in [-0.1, -0.05) is 30.3 Å². The van der Waals surface area contributed by atoms with E-state index < -0.39 is 0 Å². The Morgan fingerprint density at radius 3 is 2.53 bits per heavy atom. The van der Waals surface area contributed by atoms with Crippen LogP contribution in [0.25, 0.3) is 11.0 Å². The molecule has 0 aliphatic carbocycles. The van der Waals surface area contributed by atoms with E-state index in [1.165, 1.54) is 5.56 Å². The number of aliphatic hydroxyl groups excluding tert-OH is 1. The number of likely N-dealkylation sites (tertiary alicyclic amines) is 1. The average molecular weight is 404 g/mol. The van der Waals surface area contributed by atoms with Crippen LogP contribution in [-0.2, 0) is 6.42 Å². The van der Waals surface area contributed by atoms with Crippen LogP contribution in [0.2, 0.25) is 0 Å². The third-order valence-corrected chi connectivity index (χ3v) is 6.39. The molecule has 0 saturated carbocycles. The van der Waals surface area contributed by atoms with Gasteiger partial charge in [0.25, 0.3) is 5.91 Å². The molecule has 1 atom stereocenters. The van der Waals surface area contributed by atoms with Gasteiger partial charge in [0.15, 0.2) is 0 Å². The van der Waals surface area contributed by atoms with Gasteiger partial charge in [-0.15, -0.1) is 0 Å². The molecule has 5 nitrogen and oxygen atoms in total. The Bertz CT molecular complexity index is 1050. The first-order valence-corrected chi connectivity index (χ1v) is 10.7. The summed E-state index contributed by atoms with van der Waals surface area (Å²) >= 11 is 0. The van der Waals surface area contributed by atoms with Gasteiger partial charge in [0.1, 0.15) is 0 Å². The maximum absolute atomic E-state index is 13.3. The van der Waals surface area contributed by atoms with Crippen LogP contribution in [0.3, 0.4) is 0 Å². The maximum atomic E-state index is 13.3. The number of aryl methyl sites for hydroxylation is 3. The normalized spacial score (nSPS) is 19.2. The van der Waals surface area contributed by atoms with Crippen LogP contribution in [-0.4, -0.2) is 45.6 Å². The number of hydrogen-bond acceptors (Lipinski definition) is 4. The van der Waals surface area contributed by atoms with Crippen LogP contribution in [0.15, 0.2) is 48.5 Å². The zero-order valence-electron chi connectivity index (χ0n) is 17.8. The smallest absolute Gasteiger partial charge is 0.253 e. The van der Waals surface area contributed by atoms with E-state index in [2.05, 4.69) is 22.1 Å². The highest BCUT2D eigenvalue weighted by molar-refractivity contribution is 5.97. The van der Waals surface area contributed by atoms with E-state index in [1.807, 2.05) is 55.1 Å². The summed E-state index contributed by atoms with van der Waals surface area (Å²) in [6.07, 6.45) is 3.64. The van der Waals surface area contributed by atoms with E-state index in [4.69, 9.17) is 0 Å². The van der Waals surface area contributed by atoms with Crippen molar-refractivity contribution in [2.75, 3.05) is 19.7 Å². The summed E-state index contributed by atoms with van der Waals surface area (Å²) in [5.41, 5.74) is 5.01. The molecule has 5 heteroatoms. The summed E-state index contributed by atoms with van der Waals surface area (Å²) in [6, 6.07) is 15.9. The molecule has 1 aromatic heterocycles. The highest BCUT2D eigenvalue weighted by Crippen LogP contribution is 2.35. The van der Waals surface area contributed by atoms with E-state index in [9.17, 15) is 9.90 Å². The first-order valence-electron chi connectivity index (χ1n) is 10.7. The van der Waals surface area contributed by atoms with Gasteiger partial charge in [-0.2, -0.15) is 0 Å². The zero-order chi connectivity index (χ0) is 21.1. The number of carbonyl (C=O) groups is 1. The van der Waals surface area contributed by atoms with E-state index in [-0.39, 0.29) is 17.9 Å². The van der Waals surface area contributed by atoms with Crippen molar-refractivity contribution in [3.63, 3.8) is 0 Å². The third kappa shape index (κ3) is 4.21. The molecule has 1 fully saturated rings. The van der Waals surface area contributed by atoms with Crippen LogP contribution in [0.4, 0.5) is 0 Å². The fraction of sp³-hybridized carbons (Fsp3) is 0.400. The molecule has 0 radical (unpaired) electrons. The minimum Gasteiger partial charge on any atom is -0.396 e. The topological polar surface area (TPSA) is 66.3 Å². The summed E-state index contributed by atoms with van der Waals surface area (Å²) in [7, 11) is 0. The molecule has 156 valence electrons. The molecule has 4 rings (SSSR count). The van der Waals surface area contributed by atoms with Crippen LogP contribution in [0, 0.1) is 19.3 Å².